The number of aromatic nitrogens is 1. The first kappa shape index (κ1) is 24.9. The Kier molecular flexibility index (Phi) is 6.22. The van der Waals surface area contributed by atoms with E-state index in [1.54, 1.807) is 4.90 Å². The average molecular weight is 553 g/mol. The van der Waals surface area contributed by atoms with Crippen LogP contribution in [0, 0.1) is 0 Å². The van der Waals surface area contributed by atoms with Crippen molar-refractivity contribution in [3.8, 4) is 0 Å². The minimum atomic E-state index is -0.591. The van der Waals surface area contributed by atoms with Crippen molar-refractivity contribution >= 4 is 39.6 Å². The number of likely N-dealkylation sites (N-methyl/N-ethyl adjacent to an activating group) is 1. The molecule has 8 heteroatoms. The van der Waals surface area contributed by atoms with E-state index in [-0.39, 0.29) is 23.5 Å². The van der Waals surface area contributed by atoms with E-state index < -0.39 is 5.41 Å². The zero-order chi connectivity index (χ0) is 25.8. The van der Waals surface area contributed by atoms with Crippen LogP contribution < -0.4 is 15.5 Å². The van der Waals surface area contributed by atoms with Crippen LogP contribution in [0.1, 0.15) is 58.2 Å². The van der Waals surface area contributed by atoms with E-state index in [1.165, 1.54) is 0 Å². The fourth-order valence-corrected chi connectivity index (χ4v) is 5.98. The molecule has 1 unspecified atom stereocenters. The van der Waals surface area contributed by atoms with Crippen LogP contribution in [-0.4, -0.2) is 58.4 Å². The maximum Gasteiger partial charge on any atom is 0.238 e. The highest BCUT2D eigenvalue weighted by atomic mass is 79.9. The molecule has 1 atom stereocenters. The molecule has 7 nitrogen and oxygen atoms in total. The lowest BCUT2D eigenvalue weighted by atomic mass is 9.90. The summed E-state index contributed by atoms with van der Waals surface area (Å²) in [6, 6.07) is 8.27. The summed E-state index contributed by atoms with van der Waals surface area (Å²) in [5, 5.41) is 2.06. The molecule has 4 heterocycles. The molecule has 0 saturated carbocycles. The minimum Gasteiger partial charge on any atom is -0.355 e. The number of fused-ring (bicyclic) bond motifs is 2. The third kappa shape index (κ3) is 4.33. The number of halogens is 1. The Morgan fingerprint density at radius 1 is 1.11 bits per heavy atom. The highest BCUT2D eigenvalue weighted by Gasteiger charge is 2.43. The van der Waals surface area contributed by atoms with Crippen molar-refractivity contribution in [2.24, 2.45) is 4.99 Å². The Labute approximate surface area is 221 Å². The molecule has 3 aliphatic heterocycles. The molecule has 0 N–H and O–H groups in total. The van der Waals surface area contributed by atoms with Crippen molar-refractivity contribution in [3.05, 3.63) is 56.8 Å². The van der Waals surface area contributed by atoms with Gasteiger partial charge in [-0.05, 0) is 64.3 Å². The third-order valence-corrected chi connectivity index (χ3v) is 8.43. The summed E-state index contributed by atoms with van der Waals surface area (Å²) in [7, 11) is 1.82. The first-order valence-corrected chi connectivity index (χ1v) is 13.5. The number of benzene rings is 1. The number of anilines is 1. The summed E-state index contributed by atoms with van der Waals surface area (Å²) in [5.74, 6) is 0.313. The van der Waals surface area contributed by atoms with Gasteiger partial charge in [0.2, 0.25) is 11.8 Å². The summed E-state index contributed by atoms with van der Waals surface area (Å²) in [4.78, 5) is 41.0. The number of nitrogens with zero attached hydrogens (tertiary/aromatic N) is 5. The van der Waals surface area contributed by atoms with Crippen LogP contribution in [0.5, 0.6) is 0 Å². The maximum atomic E-state index is 12.7. The van der Waals surface area contributed by atoms with Crippen LogP contribution in [0.2, 0.25) is 0 Å². The van der Waals surface area contributed by atoms with Gasteiger partial charge in [0.1, 0.15) is 6.17 Å². The smallest absolute Gasteiger partial charge is 0.238 e. The number of amides is 2. The van der Waals surface area contributed by atoms with Crippen LogP contribution >= 0.6 is 15.9 Å². The van der Waals surface area contributed by atoms with Gasteiger partial charge in [0.15, 0.2) is 0 Å². The van der Waals surface area contributed by atoms with Gasteiger partial charge < -0.3 is 14.7 Å². The van der Waals surface area contributed by atoms with Crippen molar-refractivity contribution in [2.45, 2.75) is 70.5 Å². The van der Waals surface area contributed by atoms with Crippen molar-refractivity contribution < 1.29 is 9.59 Å². The molecule has 0 radical (unpaired) electrons. The first-order chi connectivity index (χ1) is 17.0. The van der Waals surface area contributed by atoms with Gasteiger partial charge in [0.05, 0.1) is 22.2 Å². The maximum absolute atomic E-state index is 12.7. The molecule has 2 amide bonds. The molecule has 0 aliphatic carbocycles. The van der Waals surface area contributed by atoms with E-state index >= 15 is 0 Å². The van der Waals surface area contributed by atoms with Gasteiger partial charge in [-0.2, -0.15) is 0 Å². The number of hydrogen-bond acceptors (Lipinski definition) is 5. The number of carbonyl (C=O) groups excluding carboxylic acids is 2. The van der Waals surface area contributed by atoms with E-state index in [0.717, 1.165) is 57.8 Å². The fourth-order valence-electron chi connectivity index (χ4n) is 5.63. The van der Waals surface area contributed by atoms with Crippen molar-refractivity contribution in [1.29, 1.82) is 0 Å². The van der Waals surface area contributed by atoms with Gasteiger partial charge in [-0.3, -0.25) is 19.6 Å². The molecule has 1 fully saturated rings. The molecule has 2 aromatic rings. The number of carbonyl (C=O) groups is 2. The predicted octanol–water partition coefficient (Wildman–Crippen LogP) is 3.13. The number of pyridine rings is 1. The van der Waals surface area contributed by atoms with E-state index in [1.807, 2.05) is 38.1 Å². The minimum absolute atomic E-state index is 0.0541. The molecule has 190 valence electrons. The number of rotatable bonds is 6. The number of hydrogen-bond donors (Lipinski definition) is 0. The Bertz CT molecular complexity index is 1350. The highest BCUT2D eigenvalue weighted by Crippen LogP contribution is 2.39. The molecule has 0 bridgehead atoms. The SMILES string of the molecule is CN1C(=O)C(C)(C)c2ncc(CCN3C=c4ccc(Br)cc4=NC3CCN3C(=O)CCC3(C)C)cc21. The normalized spacial score (nSPS) is 21.8. The Balaban J connectivity index is 1.37. The fraction of sp³-hybridized carbons (Fsp3) is 0.500. The molecular formula is C28H34BrN5O2. The van der Waals surface area contributed by atoms with Gasteiger partial charge in [-0.15, -0.1) is 0 Å². The van der Waals surface area contributed by atoms with Crippen LogP contribution in [-0.2, 0) is 21.4 Å². The molecule has 36 heavy (non-hydrogen) atoms. The Morgan fingerprint density at radius 3 is 2.61 bits per heavy atom. The second-order valence-corrected chi connectivity index (χ2v) is 12.2. The molecule has 3 aliphatic rings. The van der Waals surface area contributed by atoms with Crippen molar-refractivity contribution in [3.63, 3.8) is 0 Å². The van der Waals surface area contributed by atoms with Crippen LogP contribution in [0.3, 0.4) is 0 Å². The lowest BCUT2D eigenvalue weighted by Gasteiger charge is -2.35. The zero-order valence-electron chi connectivity index (χ0n) is 21.7. The summed E-state index contributed by atoms with van der Waals surface area (Å²) in [6.07, 6.45) is 7.12. The molecule has 0 spiro atoms. The van der Waals surface area contributed by atoms with Gasteiger partial charge >= 0.3 is 0 Å². The topological polar surface area (TPSA) is 69.1 Å². The molecule has 1 saturated heterocycles. The quantitative estimate of drug-likeness (QED) is 0.553. The largest absolute Gasteiger partial charge is 0.355 e. The third-order valence-electron chi connectivity index (χ3n) is 7.94. The summed E-state index contributed by atoms with van der Waals surface area (Å²) in [5.41, 5.74) is 2.14. The van der Waals surface area contributed by atoms with E-state index in [4.69, 9.17) is 9.98 Å². The second kappa shape index (κ2) is 8.98. The Morgan fingerprint density at radius 2 is 1.89 bits per heavy atom. The van der Waals surface area contributed by atoms with Gasteiger partial charge in [0, 0.05) is 60.6 Å². The van der Waals surface area contributed by atoms with Crippen molar-refractivity contribution in [2.75, 3.05) is 25.0 Å². The van der Waals surface area contributed by atoms with Crippen LogP contribution in [0.4, 0.5) is 5.69 Å². The lowest BCUT2D eigenvalue weighted by molar-refractivity contribution is -0.130. The predicted molar refractivity (Wildman–Crippen MR) is 144 cm³/mol. The summed E-state index contributed by atoms with van der Waals surface area (Å²) < 4.78 is 1.01. The van der Waals surface area contributed by atoms with E-state index in [0.29, 0.717) is 13.0 Å². The summed E-state index contributed by atoms with van der Waals surface area (Å²) >= 11 is 3.57. The molecular weight excluding hydrogens is 518 g/mol. The lowest BCUT2D eigenvalue weighted by Crippen LogP contribution is -2.46. The highest BCUT2D eigenvalue weighted by molar-refractivity contribution is 9.10. The zero-order valence-corrected chi connectivity index (χ0v) is 23.3. The van der Waals surface area contributed by atoms with Crippen LogP contribution in [0.25, 0.3) is 6.20 Å². The number of likely N-dealkylation sites (tertiary alicyclic amines) is 1. The molecule has 5 rings (SSSR count). The first-order valence-electron chi connectivity index (χ1n) is 12.7. The Hall–Kier alpha value is -2.74. The van der Waals surface area contributed by atoms with E-state index in [9.17, 15) is 9.59 Å². The van der Waals surface area contributed by atoms with Gasteiger partial charge in [0.25, 0.3) is 0 Å². The van der Waals surface area contributed by atoms with Crippen molar-refractivity contribution in [1.82, 2.24) is 14.8 Å². The van der Waals surface area contributed by atoms with Gasteiger partial charge in [-0.25, -0.2) is 0 Å². The van der Waals surface area contributed by atoms with Crippen LogP contribution in [0.15, 0.2) is 39.9 Å². The monoisotopic (exact) mass is 551 g/mol. The second-order valence-electron chi connectivity index (χ2n) is 11.3. The average Bonchev–Trinajstić information content (AvgIpc) is 3.19. The molecule has 1 aromatic carbocycles. The van der Waals surface area contributed by atoms with Gasteiger partial charge in [-0.1, -0.05) is 22.0 Å². The summed E-state index contributed by atoms with van der Waals surface area (Å²) in [6.45, 7) is 9.62. The molecule has 1 aromatic heterocycles. The van der Waals surface area contributed by atoms with E-state index in [2.05, 4.69) is 59.1 Å². The standard InChI is InChI=1S/C28H34BrN5O2/c1-27(2)11-8-24(35)34(27)13-10-23-31-21-15-20(29)7-6-19(21)17-33(23)12-9-18-14-22-25(30-16-18)28(3,4)26(36)32(22)5/h6-7,14-17,23H,8-13H2,1-5H3.